The van der Waals surface area contributed by atoms with Gasteiger partial charge in [-0.1, -0.05) is 24.3 Å². The monoisotopic (exact) mass is 262 g/mol. The zero-order valence-electron chi connectivity index (χ0n) is 11.7. The second kappa shape index (κ2) is 5.38. The molecule has 1 aliphatic carbocycles. The lowest BCUT2D eigenvalue weighted by molar-refractivity contribution is 0.600. The first-order valence-electron chi connectivity index (χ1n) is 7.13. The molecule has 1 atom stereocenters. The van der Waals surface area contributed by atoms with E-state index in [1.807, 2.05) is 19.1 Å². The van der Waals surface area contributed by atoms with E-state index in [0.29, 0.717) is 6.04 Å². The first-order chi connectivity index (χ1) is 9.78. The Labute approximate surface area is 120 Å². The molecule has 0 saturated heterocycles. The van der Waals surface area contributed by atoms with Crippen molar-refractivity contribution in [1.29, 1.82) is 5.26 Å². The molecule has 2 heteroatoms. The molecular weight excluding hydrogens is 244 g/mol. The largest absolute Gasteiger partial charge is 0.378 e. The summed E-state index contributed by atoms with van der Waals surface area (Å²) in [5.74, 6) is 0. The average molecular weight is 262 g/mol. The van der Waals surface area contributed by atoms with Gasteiger partial charge in [0.15, 0.2) is 0 Å². The van der Waals surface area contributed by atoms with Gasteiger partial charge in [0.25, 0.3) is 0 Å². The Morgan fingerprint density at radius 1 is 1.20 bits per heavy atom. The third-order valence-electron chi connectivity index (χ3n) is 4.06. The van der Waals surface area contributed by atoms with Crippen LogP contribution < -0.4 is 5.32 Å². The normalized spacial score (nSPS) is 17.1. The molecule has 0 spiro atoms. The molecule has 0 aromatic heterocycles. The van der Waals surface area contributed by atoms with Crippen molar-refractivity contribution in [1.82, 2.24) is 0 Å². The Hall–Kier alpha value is -2.27. The van der Waals surface area contributed by atoms with Gasteiger partial charge in [-0.15, -0.1) is 0 Å². The van der Waals surface area contributed by atoms with E-state index in [0.717, 1.165) is 23.2 Å². The van der Waals surface area contributed by atoms with Gasteiger partial charge in [-0.05, 0) is 61.1 Å². The Morgan fingerprint density at radius 2 is 2.05 bits per heavy atom. The molecular formula is C18H18N2. The van der Waals surface area contributed by atoms with Crippen molar-refractivity contribution in [3.05, 3.63) is 64.7 Å². The quantitative estimate of drug-likeness (QED) is 0.873. The van der Waals surface area contributed by atoms with Crippen molar-refractivity contribution >= 4 is 5.69 Å². The number of aryl methyl sites for hydroxylation is 2. The van der Waals surface area contributed by atoms with Crippen LogP contribution in [0.2, 0.25) is 0 Å². The molecule has 0 fully saturated rings. The Kier molecular flexibility index (Phi) is 3.43. The van der Waals surface area contributed by atoms with Crippen LogP contribution in [0.3, 0.4) is 0 Å². The number of nitriles is 1. The molecule has 0 saturated carbocycles. The van der Waals surface area contributed by atoms with Crippen molar-refractivity contribution < 1.29 is 0 Å². The summed E-state index contributed by atoms with van der Waals surface area (Å²) >= 11 is 0. The fourth-order valence-electron chi connectivity index (χ4n) is 2.98. The minimum Gasteiger partial charge on any atom is -0.378 e. The van der Waals surface area contributed by atoms with Gasteiger partial charge in [-0.25, -0.2) is 0 Å². The maximum atomic E-state index is 8.99. The summed E-state index contributed by atoms with van der Waals surface area (Å²) in [7, 11) is 0. The van der Waals surface area contributed by atoms with Crippen molar-refractivity contribution in [2.45, 2.75) is 32.2 Å². The second-order valence-electron chi connectivity index (χ2n) is 5.43. The molecule has 3 rings (SSSR count). The van der Waals surface area contributed by atoms with E-state index in [4.69, 9.17) is 5.26 Å². The van der Waals surface area contributed by atoms with E-state index in [-0.39, 0.29) is 0 Å². The third-order valence-corrected chi connectivity index (χ3v) is 4.06. The first kappa shape index (κ1) is 12.7. The highest BCUT2D eigenvalue weighted by atomic mass is 14.9. The third kappa shape index (κ3) is 2.40. The Balaban J connectivity index is 1.86. The fraction of sp³-hybridized carbons (Fsp3) is 0.278. The van der Waals surface area contributed by atoms with Crippen molar-refractivity contribution in [3.63, 3.8) is 0 Å². The molecule has 0 amide bonds. The van der Waals surface area contributed by atoms with Crippen LogP contribution in [0.5, 0.6) is 0 Å². The van der Waals surface area contributed by atoms with Crippen LogP contribution in [0.25, 0.3) is 0 Å². The van der Waals surface area contributed by atoms with Gasteiger partial charge in [0, 0.05) is 5.69 Å². The maximum Gasteiger partial charge on any atom is 0.0994 e. The highest BCUT2D eigenvalue weighted by Crippen LogP contribution is 2.32. The van der Waals surface area contributed by atoms with Crippen LogP contribution in [-0.4, -0.2) is 0 Å². The molecule has 2 aromatic carbocycles. The SMILES string of the molecule is Cc1cc(NC2CCCc3ccccc32)ccc1C#N. The molecule has 1 unspecified atom stereocenters. The topological polar surface area (TPSA) is 35.8 Å². The molecule has 0 heterocycles. The van der Waals surface area contributed by atoms with E-state index in [2.05, 4.69) is 41.7 Å². The summed E-state index contributed by atoms with van der Waals surface area (Å²) in [6, 6.07) is 17.2. The summed E-state index contributed by atoms with van der Waals surface area (Å²) < 4.78 is 0. The van der Waals surface area contributed by atoms with E-state index < -0.39 is 0 Å². The number of hydrogen-bond acceptors (Lipinski definition) is 2. The number of anilines is 1. The van der Waals surface area contributed by atoms with Crippen molar-refractivity contribution in [2.75, 3.05) is 5.32 Å². The van der Waals surface area contributed by atoms with Gasteiger partial charge in [-0.2, -0.15) is 5.26 Å². The highest BCUT2D eigenvalue weighted by molar-refractivity contribution is 5.53. The van der Waals surface area contributed by atoms with E-state index in [1.165, 1.54) is 24.0 Å². The molecule has 2 nitrogen and oxygen atoms in total. The van der Waals surface area contributed by atoms with Gasteiger partial charge in [0.05, 0.1) is 17.7 Å². The Bertz CT molecular complexity index is 667. The van der Waals surface area contributed by atoms with Crippen LogP contribution in [0.1, 0.15) is 41.1 Å². The summed E-state index contributed by atoms with van der Waals surface area (Å²) in [5.41, 5.74) is 5.76. The van der Waals surface area contributed by atoms with Gasteiger partial charge in [-0.3, -0.25) is 0 Å². The number of hydrogen-bond donors (Lipinski definition) is 1. The van der Waals surface area contributed by atoms with E-state index >= 15 is 0 Å². The molecule has 0 bridgehead atoms. The number of rotatable bonds is 2. The molecule has 0 radical (unpaired) electrons. The fourth-order valence-corrected chi connectivity index (χ4v) is 2.98. The number of benzene rings is 2. The standard InChI is InChI=1S/C18H18N2/c1-13-11-16(10-9-15(13)12-19)20-18-8-4-6-14-5-2-3-7-17(14)18/h2-3,5,7,9-11,18,20H,4,6,8H2,1H3. The molecule has 0 aliphatic heterocycles. The molecule has 1 N–H and O–H groups in total. The van der Waals surface area contributed by atoms with Crippen LogP contribution in [0.4, 0.5) is 5.69 Å². The summed E-state index contributed by atoms with van der Waals surface area (Å²) in [4.78, 5) is 0. The lowest BCUT2D eigenvalue weighted by Gasteiger charge is -2.27. The van der Waals surface area contributed by atoms with Gasteiger partial charge in [0.2, 0.25) is 0 Å². The highest BCUT2D eigenvalue weighted by Gasteiger charge is 2.19. The predicted octanol–water partition coefficient (Wildman–Crippen LogP) is 4.36. The summed E-state index contributed by atoms with van der Waals surface area (Å²) in [5, 5.41) is 12.6. The molecule has 1 aliphatic rings. The second-order valence-corrected chi connectivity index (χ2v) is 5.43. The maximum absolute atomic E-state index is 8.99. The summed E-state index contributed by atoms with van der Waals surface area (Å²) in [6.07, 6.45) is 3.57. The smallest absolute Gasteiger partial charge is 0.0994 e. The zero-order valence-corrected chi connectivity index (χ0v) is 11.7. The van der Waals surface area contributed by atoms with Gasteiger partial charge >= 0.3 is 0 Å². The number of nitrogens with zero attached hydrogens (tertiary/aromatic N) is 1. The molecule has 2 aromatic rings. The average Bonchev–Trinajstić information content (AvgIpc) is 2.48. The molecule has 20 heavy (non-hydrogen) atoms. The minimum atomic E-state index is 0.382. The Morgan fingerprint density at radius 3 is 2.85 bits per heavy atom. The van der Waals surface area contributed by atoms with Crippen LogP contribution >= 0.6 is 0 Å². The van der Waals surface area contributed by atoms with Crippen LogP contribution in [0.15, 0.2) is 42.5 Å². The van der Waals surface area contributed by atoms with E-state index in [9.17, 15) is 0 Å². The van der Waals surface area contributed by atoms with Gasteiger partial charge < -0.3 is 5.32 Å². The predicted molar refractivity (Wildman–Crippen MR) is 81.6 cm³/mol. The van der Waals surface area contributed by atoms with Crippen molar-refractivity contribution in [3.8, 4) is 6.07 Å². The number of nitrogens with one attached hydrogen (secondary N) is 1. The first-order valence-corrected chi connectivity index (χ1v) is 7.13. The van der Waals surface area contributed by atoms with Gasteiger partial charge in [0.1, 0.15) is 0 Å². The molecule has 100 valence electrons. The zero-order chi connectivity index (χ0) is 13.9. The number of fused-ring (bicyclic) bond motifs is 1. The van der Waals surface area contributed by atoms with E-state index in [1.54, 1.807) is 0 Å². The van der Waals surface area contributed by atoms with Crippen LogP contribution in [0, 0.1) is 18.3 Å². The summed E-state index contributed by atoms with van der Waals surface area (Å²) in [6.45, 7) is 1.98. The minimum absolute atomic E-state index is 0.382. The lowest BCUT2D eigenvalue weighted by atomic mass is 9.87. The lowest BCUT2D eigenvalue weighted by Crippen LogP contribution is -2.17. The van der Waals surface area contributed by atoms with Crippen molar-refractivity contribution in [2.24, 2.45) is 0 Å². The van der Waals surface area contributed by atoms with Crippen LogP contribution in [-0.2, 0) is 6.42 Å².